The minimum atomic E-state index is -0.159. The van der Waals surface area contributed by atoms with Gasteiger partial charge in [0.05, 0.1) is 24.8 Å². The first-order valence-corrected chi connectivity index (χ1v) is 7.78. The molecule has 1 amide bonds. The molecule has 0 atom stereocenters. The van der Waals surface area contributed by atoms with Crippen molar-refractivity contribution in [1.29, 1.82) is 0 Å². The van der Waals surface area contributed by atoms with Crippen molar-refractivity contribution in [2.45, 2.75) is 13.3 Å². The molecule has 2 aromatic carbocycles. The summed E-state index contributed by atoms with van der Waals surface area (Å²) in [5, 5.41) is 6.56. The molecule has 0 aliphatic heterocycles. The number of hydrogen-bond acceptors (Lipinski definition) is 4. The highest BCUT2D eigenvalue weighted by Gasteiger charge is 2.13. The van der Waals surface area contributed by atoms with Crippen molar-refractivity contribution >= 4 is 11.8 Å². The second kappa shape index (κ2) is 7.46. The van der Waals surface area contributed by atoms with Crippen molar-refractivity contribution in [3.8, 4) is 16.9 Å². The van der Waals surface area contributed by atoms with Gasteiger partial charge in [0.25, 0.3) is 0 Å². The fraction of sp³-hybridized carbons (Fsp3) is 0.158. The predicted molar refractivity (Wildman–Crippen MR) is 91.9 cm³/mol. The average molecular weight is 322 g/mol. The van der Waals surface area contributed by atoms with Crippen molar-refractivity contribution in [2.24, 2.45) is 0 Å². The second-order valence-electron chi connectivity index (χ2n) is 5.24. The molecule has 0 spiro atoms. The van der Waals surface area contributed by atoms with E-state index >= 15 is 0 Å². The minimum absolute atomic E-state index is 0.159. The maximum Gasteiger partial charge on any atom is 0.239 e. The molecule has 1 aromatic heterocycles. The van der Waals surface area contributed by atoms with Crippen molar-refractivity contribution in [2.75, 3.05) is 11.9 Å². The molecule has 122 valence electrons. The zero-order valence-electron chi connectivity index (χ0n) is 13.4. The quantitative estimate of drug-likeness (QED) is 0.747. The molecule has 0 radical (unpaired) electrons. The molecule has 5 heteroatoms. The summed E-state index contributed by atoms with van der Waals surface area (Å²) in [6.07, 6.45) is 1.85. The van der Waals surface area contributed by atoms with Crippen molar-refractivity contribution in [3.05, 3.63) is 66.4 Å². The molecule has 1 N–H and O–H groups in total. The van der Waals surface area contributed by atoms with Gasteiger partial charge in [-0.05, 0) is 30.2 Å². The van der Waals surface area contributed by atoms with Crippen LogP contribution in [0.2, 0.25) is 0 Å². The van der Waals surface area contributed by atoms with Gasteiger partial charge in [-0.25, -0.2) is 0 Å². The second-order valence-corrected chi connectivity index (χ2v) is 5.24. The molecule has 24 heavy (non-hydrogen) atoms. The van der Waals surface area contributed by atoms with E-state index in [9.17, 15) is 4.79 Å². The van der Waals surface area contributed by atoms with Crippen LogP contribution < -0.4 is 10.1 Å². The van der Waals surface area contributed by atoms with Crippen molar-refractivity contribution in [1.82, 2.24) is 5.16 Å². The van der Waals surface area contributed by atoms with Gasteiger partial charge < -0.3 is 9.26 Å². The number of hydrogen-bond donors (Lipinski definition) is 1. The molecule has 3 aromatic rings. The maximum atomic E-state index is 12.2. The van der Waals surface area contributed by atoms with Gasteiger partial charge in [-0.15, -0.1) is 0 Å². The highest BCUT2D eigenvalue weighted by molar-refractivity contribution is 5.94. The number of ether oxygens (including phenoxy) is 1. The summed E-state index contributed by atoms with van der Waals surface area (Å²) in [5.74, 6) is 0.994. The largest absolute Gasteiger partial charge is 0.494 e. The van der Waals surface area contributed by atoms with E-state index in [-0.39, 0.29) is 12.3 Å². The van der Waals surface area contributed by atoms with Crippen LogP contribution in [-0.2, 0) is 11.2 Å². The molecule has 0 unspecified atom stereocenters. The SMILES string of the molecule is CCOc1ccc(CC(=O)Nc2oncc2-c2ccccc2)cc1. The molecular weight excluding hydrogens is 304 g/mol. The maximum absolute atomic E-state index is 12.2. The summed E-state index contributed by atoms with van der Waals surface area (Å²) < 4.78 is 10.6. The average Bonchev–Trinajstić information content (AvgIpc) is 3.05. The van der Waals surface area contributed by atoms with E-state index in [0.717, 1.165) is 22.4 Å². The fourth-order valence-corrected chi connectivity index (χ4v) is 2.38. The van der Waals surface area contributed by atoms with Gasteiger partial charge in [0, 0.05) is 0 Å². The predicted octanol–water partition coefficient (Wildman–Crippen LogP) is 3.92. The number of nitrogens with zero attached hydrogens (tertiary/aromatic N) is 1. The van der Waals surface area contributed by atoms with Gasteiger partial charge in [0.15, 0.2) is 0 Å². The number of nitrogens with one attached hydrogen (secondary N) is 1. The Morgan fingerprint density at radius 3 is 2.58 bits per heavy atom. The third-order valence-electron chi connectivity index (χ3n) is 3.51. The molecule has 3 rings (SSSR count). The zero-order chi connectivity index (χ0) is 16.8. The van der Waals surface area contributed by atoms with E-state index < -0.39 is 0 Å². The monoisotopic (exact) mass is 322 g/mol. The van der Waals surface area contributed by atoms with E-state index in [1.807, 2.05) is 61.5 Å². The number of carbonyl (C=O) groups excluding carboxylic acids is 1. The molecule has 0 saturated heterocycles. The van der Waals surface area contributed by atoms with Crippen molar-refractivity contribution < 1.29 is 14.1 Å². The number of carbonyl (C=O) groups is 1. The summed E-state index contributed by atoms with van der Waals surface area (Å²) in [4.78, 5) is 12.2. The number of amides is 1. The Labute approximate surface area is 140 Å². The third-order valence-corrected chi connectivity index (χ3v) is 3.51. The molecular formula is C19H18N2O3. The Hall–Kier alpha value is -3.08. The van der Waals surface area contributed by atoms with Crippen LogP contribution in [0.1, 0.15) is 12.5 Å². The smallest absolute Gasteiger partial charge is 0.239 e. The van der Waals surface area contributed by atoms with E-state index in [1.54, 1.807) is 6.20 Å². The van der Waals surface area contributed by atoms with E-state index in [4.69, 9.17) is 9.26 Å². The van der Waals surface area contributed by atoms with Crippen LogP contribution in [0, 0.1) is 0 Å². The van der Waals surface area contributed by atoms with Crippen LogP contribution in [-0.4, -0.2) is 17.7 Å². The Morgan fingerprint density at radius 1 is 1.12 bits per heavy atom. The van der Waals surface area contributed by atoms with Crippen LogP contribution >= 0.6 is 0 Å². The fourth-order valence-electron chi connectivity index (χ4n) is 2.38. The molecule has 0 saturated carbocycles. The van der Waals surface area contributed by atoms with Gasteiger partial charge in [0.1, 0.15) is 5.75 Å². The number of rotatable bonds is 6. The molecule has 0 aliphatic carbocycles. The lowest BCUT2D eigenvalue weighted by molar-refractivity contribution is -0.115. The zero-order valence-corrected chi connectivity index (χ0v) is 13.4. The first-order valence-electron chi connectivity index (χ1n) is 7.78. The lowest BCUT2D eigenvalue weighted by atomic mass is 10.1. The number of aromatic nitrogens is 1. The van der Waals surface area contributed by atoms with Gasteiger partial charge in [-0.3, -0.25) is 10.1 Å². The Balaban J connectivity index is 1.66. The first kappa shape index (κ1) is 15.8. The molecule has 0 fully saturated rings. The standard InChI is InChI=1S/C19H18N2O3/c1-2-23-16-10-8-14(9-11-16)12-18(22)21-19-17(13-20-24-19)15-6-4-3-5-7-15/h3-11,13H,2,12H2,1H3,(H,21,22). The summed E-state index contributed by atoms with van der Waals surface area (Å²) in [6, 6.07) is 17.1. The summed E-state index contributed by atoms with van der Waals surface area (Å²) in [6.45, 7) is 2.55. The summed E-state index contributed by atoms with van der Waals surface area (Å²) in [5.41, 5.74) is 2.60. The number of anilines is 1. The first-order chi connectivity index (χ1) is 11.8. The highest BCUT2D eigenvalue weighted by Crippen LogP contribution is 2.27. The Bertz CT molecular complexity index is 795. The van der Waals surface area contributed by atoms with Gasteiger partial charge in [-0.2, -0.15) is 0 Å². The normalized spacial score (nSPS) is 10.4. The third kappa shape index (κ3) is 3.81. The lowest BCUT2D eigenvalue weighted by Crippen LogP contribution is -2.14. The summed E-state index contributed by atoms with van der Waals surface area (Å²) >= 11 is 0. The topological polar surface area (TPSA) is 64.4 Å². The van der Waals surface area contributed by atoms with E-state index in [2.05, 4.69) is 10.5 Å². The van der Waals surface area contributed by atoms with E-state index in [0.29, 0.717) is 12.5 Å². The van der Waals surface area contributed by atoms with Crippen LogP contribution in [0.3, 0.4) is 0 Å². The van der Waals surface area contributed by atoms with Crippen LogP contribution in [0.4, 0.5) is 5.88 Å². The molecule has 5 nitrogen and oxygen atoms in total. The Morgan fingerprint density at radius 2 is 1.88 bits per heavy atom. The van der Waals surface area contributed by atoms with Gasteiger partial charge in [0.2, 0.25) is 11.8 Å². The lowest BCUT2D eigenvalue weighted by Gasteiger charge is -2.06. The van der Waals surface area contributed by atoms with E-state index in [1.165, 1.54) is 0 Å². The van der Waals surface area contributed by atoms with Gasteiger partial charge >= 0.3 is 0 Å². The molecule has 1 heterocycles. The van der Waals surface area contributed by atoms with Crippen LogP contribution in [0.25, 0.3) is 11.1 Å². The molecule has 0 aliphatic rings. The van der Waals surface area contributed by atoms with Crippen LogP contribution in [0.5, 0.6) is 5.75 Å². The van der Waals surface area contributed by atoms with Crippen molar-refractivity contribution in [3.63, 3.8) is 0 Å². The Kier molecular flexibility index (Phi) is 4.91. The van der Waals surface area contributed by atoms with Gasteiger partial charge in [-0.1, -0.05) is 47.6 Å². The minimum Gasteiger partial charge on any atom is -0.494 e. The highest BCUT2D eigenvalue weighted by atomic mass is 16.5. The number of benzene rings is 2. The van der Waals surface area contributed by atoms with Crippen LogP contribution in [0.15, 0.2) is 65.3 Å². The molecule has 0 bridgehead atoms. The summed E-state index contributed by atoms with van der Waals surface area (Å²) in [7, 11) is 0.